The zero-order valence-electron chi connectivity index (χ0n) is 24.9. The van der Waals surface area contributed by atoms with Crippen LogP contribution in [0.2, 0.25) is 0 Å². The topological polar surface area (TPSA) is 152 Å². The van der Waals surface area contributed by atoms with Gasteiger partial charge in [-0.05, 0) is 50.5 Å². The van der Waals surface area contributed by atoms with Gasteiger partial charge in [0, 0.05) is 38.0 Å². The minimum Gasteiger partial charge on any atom is -0.506 e. The Morgan fingerprint density at radius 3 is 2.54 bits per heavy atom. The van der Waals surface area contributed by atoms with Gasteiger partial charge in [-0.3, -0.25) is 4.79 Å². The van der Waals surface area contributed by atoms with E-state index < -0.39 is 24.2 Å². The maximum atomic E-state index is 13.0. The van der Waals surface area contributed by atoms with Crippen molar-refractivity contribution in [2.24, 2.45) is 17.6 Å². The molecular weight excluding hydrogens is 526 g/mol. The number of carbonyl (C=O) groups excluding carboxylic acids is 2. The first-order valence-corrected chi connectivity index (χ1v) is 13.7. The van der Waals surface area contributed by atoms with E-state index in [0.29, 0.717) is 42.6 Å². The van der Waals surface area contributed by atoms with Crippen LogP contribution in [0.3, 0.4) is 0 Å². The number of benzene rings is 1. The molecule has 10 heteroatoms. The highest BCUT2D eigenvalue weighted by Crippen LogP contribution is 2.42. The molecule has 2 bridgehead atoms. The lowest BCUT2D eigenvalue weighted by molar-refractivity contribution is -0.112. The number of rotatable bonds is 6. The Hall–Kier alpha value is -3.76. The summed E-state index contributed by atoms with van der Waals surface area (Å²) in [6, 6.07) is 1.32. The highest BCUT2D eigenvalue weighted by molar-refractivity contribution is 6.04. The molecule has 2 rings (SSSR count). The number of nitrogens with one attached hydrogen (secondary N) is 2. The maximum Gasteiger partial charge on any atom is 0.405 e. The van der Waals surface area contributed by atoms with E-state index >= 15 is 0 Å². The summed E-state index contributed by atoms with van der Waals surface area (Å²) in [6.45, 7) is 11.6. The number of anilines is 2. The Bertz CT molecular complexity index is 1170. The van der Waals surface area contributed by atoms with E-state index in [9.17, 15) is 19.8 Å². The molecule has 1 aromatic carbocycles. The SMILES string of the molecule is C=CCNc1c(O)cc2c(O)c1C[C@@H](C)CC(OC)C[C@@H](C)/C=C(\C)C(OC(N)=O)C(OC)/C=C\C=C(/C)C(=O)N2. The van der Waals surface area contributed by atoms with Crippen molar-refractivity contribution in [1.82, 2.24) is 0 Å². The number of amides is 2. The number of carbonyl (C=O) groups is 2. The van der Waals surface area contributed by atoms with Gasteiger partial charge in [0.1, 0.15) is 17.6 Å². The van der Waals surface area contributed by atoms with Gasteiger partial charge in [0.25, 0.3) is 5.91 Å². The number of phenolic OH excluding ortho intramolecular Hbond substituents is 2. The normalized spacial score (nSPS) is 27.9. The zero-order chi connectivity index (χ0) is 30.7. The molecular formula is C31H45N3O7. The van der Waals surface area contributed by atoms with E-state index in [1.165, 1.54) is 13.2 Å². The maximum absolute atomic E-state index is 13.0. The van der Waals surface area contributed by atoms with Crippen LogP contribution in [-0.4, -0.2) is 61.3 Å². The van der Waals surface area contributed by atoms with Gasteiger partial charge >= 0.3 is 6.09 Å². The predicted octanol–water partition coefficient (Wildman–Crippen LogP) is 5.19. The highest BCUT2D eigenvalue weighted by Gasteiger charge is 2.26. The van der Waals surface area contributed by atoms with Gasteiger partial charge in [-0.2, -0.15) is 0 Å². The zero-order valence-corrected chi connectivity index (χ0v) is 24.9. The second kappa shape index (κ2) is 15.9. The summed E-state index contributed by atoms with van der Waals surface area (Å²) in [4.78, 5) is 24.7. The number of ether oxygens (including phenoxy) is 3. The second-order valence-electron chi connectivity index (χ2n) is 10.6. The molecule has 1 aliphatic heterocycles. The molecule has 2 amide bonds. The lowest BCUT2D eigenvalue weighted by atomic mass is 9.89. The lowest BCUT2D eigenvalue weighted by Crippen LogP contribution is -2.34. The van der Waals surface area contributed by atoms with Gasteiger partial charge in [-0.15, -0.1) is 6.58 Å². The Morgan fingerprint density at radius 2 is 1.93 bits per heavy atom. The number of primary amides is 1. The van der Waals surface area contributed by atoms with Crippen molar-refractivity contribution in [1.29, 1.82) is 0 Å². The summed E-state index contributed by atoms with van der Waals surface area (Å²) in [5.41, 5.74) is 7.43. The molecule has 41 heavy (non-hydrogen) atoms. The molecule has 0 aliphatic carbocycles. The number of hydrogen-bond donors (Lipinski definition) is 5. The number of nitrogens with two attached hydrogens (primary N) is 1. The number of hydrogen-bond acceptors (Lipinski definition) is 8. The molecule has 226 valence electrons. The molecule has 10 nitrogen and oxygen atoms in total. The van der Waals surface area contributed by atoms with Crippen LogP contribution < -0.4 is 16.4 Å². The first-order valence-electron chi connectivity index (χ1n) is 13.7. The van der Waals surface area contributed by atoms with Crippen LogP contribution in [0.1, 0.15) is 46.1 Å². The van der Waals surface area contributed by atoms with E-state index in [0.717, 1.165) is 5.57 Å². The van der Waals surface area contributed by atoms with Crippen LogP contribution in [0, 0.1) is 11.8 Å². The second-order valence-corrected chi connectivity index (χ2v) is 10.6. The third-order valence-electron chi connectivity index (χ3n) is 7.05. The molecule has 6 N–H and O–H groups in total. The quantitative estimate of drug-likeness (QED) is 0.178. The number of allylic oxidation sites excluding steroid dienone is 3. The standard InChI is InChI=1S/C31H45N3O7/c1-8-12-33-27-23-16-19(3)15-22(39-6)14-18(2)13-21(5)29(41-31(32)38)26(40-7)11-9-10-20(4)30(37)34-24(28(23)36)17-25(27)35/h8-11,13,17-19,22,26,29,33,35-36H,1,12,14-16H2,2-7H3,(H2,32,38)(H,34,37)/b11-9-,20-10+,21-13+/t18-,19-,22?,26?,29?/m0/s1. The van der Waals surface area contributed by atoms with Crippen LogP contribution in [0.25, 0.3) is 0 Å². The van der Waals surface area contributed by atoms with Gasteiger partial charge in [0.2, 0.25) is 0 Å². The fourth-order valence-electron chi connectivity index (χ4n) is 5.03. The molecule has 1 aliphatic rings. The van der Waals surface area contributed by atoms with Crippen LogP contribution in [0.4, 0.5) is 16.2 Å². The van der Waals surface area contributed by atoms with Crippen LogP contribution in [-0.2, 0) is 25.4 Å². The molecule has 1 heterocycles. The molecule has 0 spiro atoms. The van der Waals surface area contributed by atoms with Crippen molar-refractivity contribution < 1.29 is 34.0 Å². The molecule has 5 atom stereocenters. The Kier molecular flexibility index (Phi) is 13.0. The van der Waals surface area contributed by atoms with Crippen molar-refractivity contribution in [3.05, 3.63) is 59.7 Å². The Balaban J connectivity index is 2.61. The summed E-state index contributed by atoms with van der Waals surface area (Å²) >= 11 is 0. The molecule has 0 saturated heterocycles. The van der Waals surface area contributed by atoms with Crippen molar-refractivity contribution >= 4 is 23.4 Å². The molecule has 0 aromatic heterocycles. The molecule has 0 radical (unpaired) electrons. The van der Waals surface area contributed by atoms with Gasteiger partial charge in [0.05, 0.1) is 17.5 Å². The fourth-order valence-corrected chi connectivity index (χ4v) is 5.03. The van der Waals surface area contributed by atoms with Crippen LogP contribution in [0.15, 0.2) is 54.2 Å². The van der Waals surface area contributed by atoms with E-state index in [-0.39, 0.29) is 35.1 Å². The van der Waals surface area contributed by atoms with E-state index in [4.69, 9.17) is 19.9 Å². The van der Waals surface area contributed by atoms with E-state index in [1.807, 2.05) is 19.9 Å². The molecule has 0 fully saturated rings. The fraction of sp³-hybridized carbons (Fsp3) is 0.484. The third-order valence-corrected chi connectivity index (χ3v) is 7.05. The van der Waals surface area contributed by atoms with Crippen molar-refractivity contribution in [2.75, 3.05) is 31.4 Å². The average Bonchev–Trinajstić information content (AvgIpc) is 2.91. The smallest absolute Gasteiger partial charge is 0.405 e. The summed E-state index contributed by atoms with van der Waals surface area (Å²) in [5.74, 6) is -0.604. The summed E-state index contributed by atoms with van der Waals surface area (Å²) < 4.78 is 16.8. The molecule has 3 unspecified atom stereocenters. The number of methoxy groups -OCH3 is 2. The lowest BCUT2D eigenvalue weighted by Gasteiger charge is -2.26. The van der Waals surface area contributed by atoms with Crippen LogP contribution >= 0.6 is 0 Å². The first-order chi connectivity index (χ1) is 19.4. The first kappa shape index (κ1) is 33.4. The van der Waals surface area contributed by atoms with Crippen molar-refractivity contribution in [3.8, 4) is 11.5 Å². The minimum absolute atomic E-state index is 0.0366. The monoisotopic (exact) mass is 571 g/mol. The Morgan fingerprint density at radius 1 is 1.22 bits per heavy atom. The molecule has 1 aromatic rings. The number of fused-ring (bicyclic) bond motifs is 2. The van der Waals surface area contributed by atoms with Gasteiger partial charge in [-0.1, -0.05) is 44.2 Å². The van der Waals surface area contributed by atoms with E-state index in [2.05, 4.69) is 24.1 Å². The number of phenols is 2. The summed E-state index contributed by atoms with van der Waals surface area (Å²) in [7, 11) is 3.15. The van der Waals surface area contributed by atoms with Gasteiger partial charge in [-0.25, -0.2) is 4.79 Å². The minimum atomic E-state index is -0.925. The van der Waals surface area contributed by atoms with Crippen LogP contribution in [0.5, 0.6) is 11.5 Å². The van der Waals surface area contributed by atoms with Gasteiger partial charge in [0.15, 0.2) is 6.10 Å². The highest BCUT2D eigenvalue weighted by atomic mass is 16.6. The number of aromatic hydroxyl groups is 2. The van der Waals surface area contributed by atoms with E-state index in [1.54, 1.807) is 38.3 Å². The predicted molar refractivity (Wildman–Crippen MR) is 161 cm³/mol. The molecule has 0 saturated carbocycles. The largest absolute Gasteiger partial charge is 0.506 e. The summed E-state index contributed by atoms with van der Waals surface area (Å²) in [5, 5.41) is 27.9. The average molecular weight is 572 g/mol. The van der Waals surface area contributed by atoms with Crippen molar-refractivity contribution in [2.45, 2.75) is 65.3 Å². The third kappa shape index (κ3) is 9.68. The van der Waals surface area contributed by atoms with Crippen molar-refractivity contribution in [3.63, 3.8) is 0 Å². The Labute approximate surface area is 242 Å². The van der Waals surface area contributed by atoms with Gasteiger partial charge < -0.3 is 40.8 Å². The summed E-state index contributed by atoms with van der Waals surface area (Å²) in [6.07, 6.45) is 7.80.